The quantitative estimate of drug-likeness (QED) is 0.569. The maximum atomic E-state index is 12.9. The molecule has 5 heteroatoms. The zero-order valence-corrected chi connectivity index (χ0v) is 12.5. The molecule has 0 aliphatic rings. The molecule has 0 saturated heterocycles. The third-order valence-corrected chi connectivity index (χ3v) is 2.02. The van der Waals surface area contributed by atoms with Gasteiger partial charge in [0.05, 0.1) is 0 Å². The van der Waals surface area contributed by atoms with Crippen molar-refractivity contribution in [3.63, 3.8) is 0 Å². The maximum absolute atomic E-state index is 12.9. The van der Waals surface area contributed by atoms with E-state index in [1.54, 1.807) is 24.3 Å². The summed E-state index contributed by atoms with van der Waals surface area (Å²) in [7, 11) is 0. The van der Waals surface area contributed by atoms with Crippen LogP contribution in [-0.2, 0) is 6.61 Å². The monoisotopic (exact) mass is 322 g/mol. The molecule has 0 heterocycles. The van der Waals surface area contributed by atoms with Crippen LogP contribution in [0.2, 0.25) is 0 Å². The minimum atomic E-state index is -0.597. The molecule has 0 N–H and O–H groups in total. The van der Waals surface area contributed by atoms with Gasteiger partial charge >= 0.3 is 23.1 Å². The summed E-state index contributed by atoms with van der Waals surface area (Å²) in [4.78, 5) is 0. The molecule has 0 saturated carbocycles. The first-order valence-electron chi connectivity index (χ1n) is 4.78. The van der Waals surface area contributed by atoms with E-state index < -0.39 is 11.6 Å². The van der Waals surface area contributed by atoms with Gasteiger partial charge in [-0.05, 0) is 17.7 Å². The van der Waals surface area contributed by atoms with Gasteiger partial charge in [-0.15, -0.1) is 12.1 Å². The molecular formula is C13H9BrF2MgO. The molecule has 0 aromatic heterocycles. The van der Waals surface area contributed by atoms with E-state index in [2.05, 4.69) is 6.07 Å². The van der Waals surface area contributed by atoms with Crippen molar-refractivity contribution in [3.05, 3.63) is 65.7 Å². The molecule has 0 aliphatic carbocycles. The fourth-order valence-corrected chi connectivity index (χ4v) is 1.33. The molecule has 90 valence electrons. The molecule has 2 aromatic rings. The Bertz CT molecular complexity index is 459. The average Bonchev–Trinajstić information content (AvgIpc) is 2.27. The molecule has 18 heavy (non-hydrogen) atoms. The standard InChI is InChI=1S/C13H9F2O.BrH.Mg/c14-11-6-10(7-12(15)8-11)9-16-13-4-2-1-3-5-13;;/h2-8H,9H2;1H;/q-1;;+2/p-1. The van der Waals surface area contributed by atoms with Crippen LogP contribution in [0.25, 0.3) is 0 Å². The maximum Gasteiger partial charge on any atom is 2.00 e. The largest absolute Gasteiger partial charge is 2.00 e. The second-order valence-corrected chi connectivity index (χ2v) is 3.30. The zero-order chi connectivity index (χ0) is 11.4. The van der Waals surface area contributed by atoms with Crippen LogP contribution < -0.4 is 21.7 Å². The summed E-state index contributed by atoms with van der Waals surface area (Å²) in [5, 5.41) is 0. The molecule has 0 radical (unpaired) electrons. The summed E-state index contributed by atoms with van der Waals surface area (Å²) in [6.45, 7) is 0.138. The Morgan fingerprint density at radius 2 is 1.56 bits per heavy atom. The van der Waals surface area contributed by atoms with Crippen LogP contribution in [0.5, 0.6) is 5.75 Å². The van der Waals surface area contributed by atoms with Crippen molar-refractivity contribution in [1.82, 2.24) is 0 Å². The van der Waals surface area contributed by atoms with E-state index >= 15 is 0 Å². The van der Waals surface area contributed by atoms with Gasteiger partial charge in [-0.2, -0.15) is 18.2 Å². The molecule has 0 atom stereocenters. The van der Waals surface area contributed by atoms with Crippen LogP contribution in [0.15, 0.2) is 42.5 Å². The fraction of sp³-hybridized carbons (Fsp3) is 0.0769. The summed E-state index contributed by atoms with van der Waals surface area (Å²) >= 11 is 0. The first kappa shape index (κ1) is 17.3. The average molecular weight is 323 g/mol. The van der Waals surface area contributed by atoms with Crippen LogP contribution in [-0.4, -0.2) is 23.1 Å². The van der Waals surface area contributed by atoms with Gasteiger partial charge in [0.15, 0.2) is 0 Å². The predicted molar refractivity (Wildman–Crippen MR) is 61.7 cm³/mol. The fourth-order valence-electron chi connectivity index (χ4n) is 1.33. The first-order chi connectivity index (χ1) is 7.74. The summed E-state index contributed by atoms with van der Waals surface area (Å²) in [5.41, 5.74) is 0.463. The third kappa shape index (κ3) is 5.33. The van der Waals surface area contributed by atoms with E-state index in [4.69, 9.17) is 4.74 Å². The Morgan fingerprint density at radius 1 is 1.00 bits per heavy atom. The van der Waals surface area contributed by atoms with Crippen LogP contribution in [0.1, 0.15) is 5.56 Å². The second kappa shape index (κ2) is 8.45. The van der Waals surface area contributed by atoms with Gasteiger partial charge in [-0.25, -0.2) is 8.78 Å². The van der Waals surface area contributed by atoms with Gasteiger partial charge in [-0.3, -0.25) is 0 Å². The summed E-state index contributed by atoms with van der Waals surface area (Å²) in [6, 6.07) is 13.1. The number of rotatable bonds is 3. The van der Waals surface area contributed by atoms with E-state index in [0.717, 1.165) is 6.07 Å². The first-order valence-corrected chi connectivity index (χ1v) is 4.78. The molecule has 0 spiro atoms. The SMILES string of the molecule is Fc1cc(F)cc(COc2cc[c-]cc2)c1.[Br-].[Mg+2]. The van der Waals surface area contributed by atoms with Gasteiger partial charge in [0, 0.05) is 11.8 Å². The molecule has 0 unspecified atom stereocenters. The predicted octanol–water partition coefficient (Wildman–Crippen LogP) is -0.0328. The number of hydrogen-bond acceptors (Lipinski definition) is 1. The molecule has 2 rings (SSSR count). The van der Waals surface area contributed by atoms with Crippen LogP contribution in [0, 0.1) is 17.7 Å². The number of halogens is 3. The third-order valence-electron chi connectivity index (χ3n) is 2.02. The Kier molecular flexibility index (Phi) is 8.14. The minimum absolute atomic E-state index is 0. The van der Waals surface area contributed by atoms with Gasteiger partial charge in [0.2, 0.25) is 0 Å². The van der Waals surface area contributed by atoms with Crippen molar-refractivity contribution in [2.45, 2.75) is 6.61 Å². The van der Waals surface area contributed by atoms with Crippen molar-refractivity contribution in [3.8, 4) is 5.75 Å². The summed E-state index contributed by atoms with van der Waals surface area (Å²) < 4.78 is 31.1. The van der Waals surface area contributed by atoms with E-state index in [-0.39, 0.29) is 46.6 Å². The number of ether oxygens (including phenoxy) is 1. The number of benzene rings is 2. The normalized spacial score (nSPS) is 9.00. The van der Waals surface area contributed by atoms with Gasteiger partial charge in [0.1, 0.15) is 18.2 Å². The Morgan fingerprint density at radius 3 is 2.11 bits per heavy atom. The van der Waals surface area contributed by atoms with Crippen molar-refractivity contribution in [2.24, 2.45) is 0 Å². The molecule has 0 amide bonds. The Labute approximate surface area is 131 Å². The molecule has 2 aromatic carbocycles. The van der Waals surface area contributed by atoms with Crippen LogP contribution in [0.3, 0.4) is 0 Å². The molecule has 0 fully saturated rings. The minimum Gasteiger partial charge on any atom is -1.00 e. The summed E-state index contributed by atoms with van der Waals surface area (Å²) in [5.74, 6) is -0.552. The number of hydrogen-bond donors (Lipinski definition) is 0. The molecule has 0 bridgehead atoms. The van der Waals surface area contributed by atoms with Crippen molar-refractivity contribution < 1.29 is 30.5 Å². The van der Waals surface area contributed by atoms with Crippen molar-refractivity contribution >= 4 is 23.1 Å². The van der Waals surface area contributed by atoms with Crippen LogP contribution >= 0.6 is 0 Å². The van der Waals surface area contributed by atoms with Crippen molar-refractivity contribution in [1.29, 1.82) is 0 Å². The molecule has 0 aliphatic heterocycles. The Hall–Kier alpha value is -0.654. The van der Waals surface area contributed by atoms with Gasteiger partial charge in [-0.1, -0.05) is 0 Å². The molecular weight excluding hydrogens is 314 g/mol. The van der Waals surface area contributed by atoms with E-state index in [0.29, 0.717) is 11.3 Å². The summed E-state index contributed by atoms with van der Waals surface area (Å²) in [6.07, 6.45) is 0. The van der Waals surface area contributed by atoms with Crippen molar-refractivity contribution in [2.75, 3.05) is 0 Å². The smallest absolute Gasteiger partial charge is 1.00 e. The zero-order valence-electron chi connectivity index (χ0n) is 9.50. The Balaban J connectivity index is 0.00000144. The topological polar surface area (TPSA) is 9.23 Å². The van der Waals surface area contributed by atoms with Gasteiger partial charge < -0.3 is 21.7 Å². The molecule has 1 nitrogen and oxygen atoms in total. The van der Waals surface area contributed by atoms with Gasteiger partial charge in [0.25, 0.3) is 0 Å². The second-order valence-electron chi connectivity index (χ2n) is 3.30. The van der Waals surface area contributed by atoms with E-state index in [1.807, 2.05) is 0 Å². The van der Waals surface area contributed by atoms with Crippen LogP contribution in [0.4, 0.5) is 8.78 Å². The van der Waals surface area contributed by atoms with E-state index in [1.165, 1.54) is 12.1 Å². The van der Waals surface area contributed by atoms with E-state index in [9.17, 15) is 8.78 Å².